The van der Waals surface area contributed by atoms with E-state index in [0.717, 1.165) is 18.7 Å². The number of carboxylic acid groups (broad SMARTS) is 1. The number of benzene rings is 1. The van der Waals surface area contributed by atoms with Gasteiger partial charge in [-0.2, -0.15) is 0 Å². The molecule has 80 valence electrons. The van der Waals surface area contributed by atoms with Crippen LogP contribution >= 0.6 is 0 Å². The molecule has 0 unspecified atom stereocenters. The summed E-state index contributed by atoms with van der Waals surface area (Å²) in [5.41, 5.74) is 1.03. The maximum atomic E-state index is 11.3. The molecule has 0 aromatic heterocycles. The van der Waals surface area contributed by atoms with Gasteiger partial charge in [-0.1, -0.05) is 18.2 Å². The summed E-state index contributed by atoms with van der Waals surface area (Å²) in [6.07, 6.45) is 1.70. The number of rotatable bonds is 1. The number of nitrogens with zero attached hydrogens (tertiary/aromatic N) is 1. The van der Waals surface area contributed by atoms with Crippen LogP contribution in [-0.2, 0) is 9.59 Å². The maximum absolute atomic E-state index is 11.3. The molecule has 2 rings (SSSR count). The fraction of sp³-hybridized carbons (Fsp3) is 0.273. The third-order valence-electron chi connectivity index (χ3n) is 2.14. The van der Waals surface area contributed by atoms with Gasteiger partial charge in [-0.05, 0) is 18.6 Å². The standard InChI is InChI=1S/C10H11NO.CH2O2/c12-10-7-4-8-11(10)9-5-2-1-3-6-9;2-1-3/h1-3,5-6H,4,7-8H2;1H,(H,2,3). The van der Waals surface area contributed by atoms with E-state index < -0.39 is 0 Å². The lowest BCUT2D eigenvalue weighted by Gasteiger charge is -2.14. The van der Waals surface area contributed by atoms with Crippen LogP contribution in [-0.4, -0.2) is 24.0 Å². The molecule has 15 heavy (non-hydrogen) atoms. The molecule has 4 nitrogen and oxygen atoms in total. The molecule has 1 aromatic carbocycles. The third kappa shape index (κ3) is 3.09. The minimum absolute atomic E-state index is 0.250. The first-order valence-electron chi connectivity index (χ1n) is 4.73. The third-order valence-corrected chi connectivity index (χ3v) is 2.14. The average Bonchev–Trinajstić information content (AvgIpc) is 2.67. The highest BCUT2D eigenvalue weighted by Gasteiger charge is 2.20. The van der Waals surface area contributed by atoms with Gasteiger partial charge in [-0.15, -0.1) is 0 Å². The predicted molar refractivity (Wildman–Crippen MR) is 56.7 cm³/mol. The van der Waals surface area contributed by atoms with Crippen LogP contribution < -0.4 is 4.90 Å². The van der Waals surface area contributed by atoms with Gasteiger partial charge in [0, 0.05) is 18.7 Å². The van der Waals surface area contributed by atoms with Crippen LogP contribution in [0.3, 0.4) is 0 Å². The van der Waals surface area contributed by atoms with Crippen molar-refractivity contribution in [3.8, 4) is 0 Å². The van der Waals surface area contributed by atoms with Gasteiger partial charge in [0.1, 0.15) is 0 Å². The summed E-state index contributed by atoms with van der Waals surface area (Å²) < 4.78 is 0. The summed E-state index contributed by atoms with van der Waals surface area (Å²) >= 11 is 0. The Morgan fingerprint density at radius 2 is 1.87 bits per heavy atom. The zero-order valence-corrected chi connectivity index (χ0v) is 8.30. The number of carbonyl (C=O) groups excluding carboxylic acids is 1. The molecule has 1 N–H and O–H groups in total. The Labute approximate surface area is 88.1 Å². The van der Waals surface area contributed by atoms with Gasteiger partial charge in [0.25, 0.3) is 6.47 Å². The zero-order valence-electron chi connectivity index (χ0n) is 8.30. The molecule has 1 saturated heterocycles. The lowest BCUT2D eigenvalue weighted by atomic mass is 10.3. The lowest BCUT2D eigenvalue weighted by molar-refractivity contribution is -0.123. The van der Waals surface area contributed by atoms with E-state index in [2.05, 4.69) is 0 Å². The number of hydrogen-bond donors (Lipinski definition) is 1. The van der Waals surface area contributed by atoms with E-state index in [9.17, 15) is 4.79 Å². The van der Waals surface area contributed by atoms with Crippen molar-refractivity contribution in [2.24, 2.45) is 0 Å². The monoisotopic (exact) mass is 207 g/mol. The average molecular weight is 207 g/mol. The second-order valence-corrected chi connectivity index (χ2v) is 3.09. The lowest BCUT2D eigenvalue weighted by Crippen LogP contribution is -2.23. The molecule has 0 spiro atoms. The van der Waals surface area contributed by atoms with Gasteiger partial charge in [0.2, 0.25) is 5.91 Å². The first-order valence-corrected chi connectivity index (χ1v) is 4.73. The number of amides is 1. The van der Waals surface area contributed by atoms with Crippen LogP contribution in [0.2, 0.25) is 0 Å². The van der Waals surface area contributed by atoms with E-state index in [1.807, 2.05) is 35.2 Å². The van der Waals surface area contributed by atoms with Gasteiger partial charge in [0.15, 0.2) is 0 Å². The molecule has 1 aliphatic rings. The van der Waals surface area contributed by atoms with E-state index in [0.29, 0.717) is 6.42 Å². The fourth-order valence-electron chi connectivity index (χ4n) is 1.53. The molecule has 4 heteroatoms. The Morgan fingerprint density at radius 3 is 2.33 bits per heavy atom. The van der Waals surface area contributed by atoms with Crippen LogP contribution in [0.15, 0.2) is 30.3 Å². The van der Waals surface area contributed by atoms with Crippen molar-refractivity contribution >= 4 is 18.1 Å². The highest BCUT2D eigenvalue weighted by atomic mass is 16.3. The van der Waals surface area contributed by atoms with Gasteiger partial charge in [-0.25, -0.2) is 0 Å². The Balaban J connectivity index is 0.000000337. The van der Waals surface area contributed by atoms with Crippen molar-refractivity contribution < 1.29 is 14.7 Å². The highest BCUT2D eigenvalue weighted by molar-refractivity contribution is 5.95. The Hall–Kier alpha value is -1.84. The fourth-order valence-corrected chi connectivity index (χ4v) is 1.53. The topological polar surface area (TPSA) is 57.6 Å². The predicted octanol–water partition coefficient (Wildman–Crippen LogP) is 1.51. The molecular weight excluding hydrogens is 194 g/mol. The van der Waals surface area contributed by atoms with Crippen molar-refractivity contribution in [1.29, 1.82) is 0 Å². The summed E-state index contributed by atoms with van der Waals surface area (Å²) in [5, 5.41) is 6.89. The van der Waals surface area contributed by atoms with E-state index in [1.165, 1.54) is 0 Å². The van der Waals surface area contributed by atoms with E-state index in [-0.39, 0.29) is 12.4 Å². The van der Waals surface area contributed by atoms with Crippen molar-refractivity contribution in [2.75, 3.05) is 11.4 Å². The minimum atomic E-state index is -0.250. The molecular formula is C11H13NO3. The molecule has 1 fully saturated rings. The summed E-state index contributed by atoms with van der Waals surface area (Å²) in [6.45, 7) is 0.628. The summed E-state index contributed by atoms with van der Waals surface area (Å²) in [4.78, 5) is 21.5. The number of para-hydroxylation sites is 1. The van der Waals surface area contributed by atoms with Crippen LogP contribution in [0.4, 0.5) is 5.69 Å². The maximum Gasteiger partial charge on any atom is 0.290 e. The second-order valence-electron chi connectivity index (χ2n) is 3.09. The molecule has 1 aromatic rings. The van der Waals surface area contributed by atoms with Gasteiger partial charge in [-0.3, -0.25) is 9.59 Å². The van der Waals surface area contributed by atoms with Gasteiger partial charge >= 0.3 is 0 Å². The summed E-state index contributed by atoms with van der Waals surface area (Å²) in [5.74, 6) is 0.251. The molecule has 1 amide bonds. The molecule has 0 saturated carbocycles. The normalized spacial score (nSPS) is 14.4. The molecule has 0 bridgehead atoms. The highest BCUT2D eigenvalue weighted by Crippen LogP contribution is 2.19. The van der Waals surface area contributed by atoms with E-state index >= 15 is 0 Å². The molecule has 1 heterocycles. The summed E-state index contributed by atoms with van der Waals surface area (Å²) in [7, 11) is 0. The molecule has 0 radical (unpaired) electrons. The Kier molecular flexibility index (Phi) is 4.34. The summed E-state index contributed by atoms with van der Waals surface area (Å²) in [6, 6.07) is 9.83. The number of anilines is 1. The van der Waals surface area contributed by atoms with Crippen LogP contribution in [0, 0.1) is 0 Å². The zero-order chi connectivity index (χ0) is 11.1. The first kappa shape index (κ1) is 11.2. The second kappa shape index (κ2) is 5.80. The van der Waals surface area contributed by atoms with Crippen LogP contribution in [0.25, 0.3) is 0 Å². The SMILES string of the molecule is O=C1CCCN1c1ccccc1.O=CO. The van der Waals surface area contributed by atoms with Crippen LogP contribution in [0.5, 0.6) is 0 Å². The Bertz CT molecular complexity index is 324. The van der Waals surface area contributed by atoms with Crippen molar-refractivity contribution in [2.45, 2.75) is 12.8 Å². The quantitative estimate of drug-likeness (QED) is 0.710. The minimum Gasteiger partial charge on any atom is -0.483 e. The smallest absolute Gasteiger partial charge is 0.290 e. The van der Waals surface area contributed by atoms with Crippen molar-refractivity contribution in [1.82, 2.24) is 0 Å². The largest absolute Gasteiger partial charge is 0.483 e. The van der Waals surface area contributed by atoms with Crippen molar-refractivity contribution in [3.05, 3.63) is 30.3 Å². The van der Waals surface area contributed by atoms with Crippen molar-refractivity contribution in [3.63, 3.8) is 0 Å². The number of carbonyl (C=O) groups is 2. The Morgan fingerprint density at radius 1 is 1.27 bits per heavy atom. The van der Waals surface area contributed by atoms with E-state index in [1.54, 1.807) is 0 Å². The molecule has 1 aliphatic heterocycles. The van der Waals surface area contributed by atoms with Gasteiger partial charge < -0.3 is 10.0 Å². The van der Waals surface area contributed by atoms with E-state index in [4.69, 9.17) is 9.90 Å². The first-order chi connectivity index (χ1) is 7.29. The number of hydrogen-bond acceptors (Lipinski definition) is 2. The molecule has 0 atom stereocenters. The van der Waals surface area contributed by atoms with Gasteiger partial charge in [0.05, 0.1) is 0 Å². The molecule has 0 aliphatic carbocycles. The van der Waals surface area contributed by atoms with Crippen LogP contribution in [0.1, 0.15) is 12.8 Å².